The number of halogens is 3. The fourth-order valence-electron chi connectivity index (χ4n) is 4.70. The quantitative estimate of drug-likeness (QED) is 0.448. The molecular formula is C24H29Cl3N6O2S. The second-order valence-corrected chi connectivity index (χ2v) is 10.3. The van der Waals surface area contributed by atoms with Crippen molar-refractivity contribution in [3.8, 4) is 0 Å². The van der Waals surface area contributed by atoms with E-state index in [4.69, 9.17) is 11.6 Å². The first-order chi connectivity index (χ1) is 16.5. The molecule has 1 amide bonds. The number of thioether (sulfide) groups is 1. The molecule has 3 aromatic rings. The number of hydrogen-bond acceptors (Lipinski definition) is 7. The predicted molar refractivity (Wildman–Crippen MR) is 150 cm³/mol. The number of likely N-dealkylation sites (tertiary alicyclic amines) is 1. The van der Waals surface area contributed by atoms with Crippen LogP contribution >= 0.6 is 48.2 Å². The number of pyridine rings is 3. The van der Waals surface area contributed by atoms with E-state index in [1.165, 1.54) is 11.8 Å². The van der Waals surface area contributed by atoms with Crippen LogP contribution in [0.5, 0.6) is 0 Å². The average Bonchev–Trinajstić information content (AvgIpc) is 3.28. The number of amides is 1. The zero-order valence-corrected chi connectivity index (χ0v) is 23.0. The van der Waals surface area contributed by atoms with Gasteiger partial charge in [0.1, 0.15) is 5.82 Å². The first-order valence-electron chi connectivity index (χ1n) is 11.5. The van der Waals surface area contributed by atoms with Gasteiger partial charge in [-0.1, -0.05) is 11.6 Å². The summed E-state index contributed by atoms with van der Waals surface area (Å²) in [7, 11) is 1.77. The zero-order chi connectivity index (χ0) is 23.7. The lowest BCUT2D eigenvalue weighted by atomic mass is 10.1. The fraction of sp³-hybridized carbons (Fsp3) is 0.417. The minimum Gasteiger partial charge on any atom is -0.311 e. The van der Waals surface area contributed by atoms with Crippen molar-refractivity contribution in [2.24, 2.45) is 13.0 Å². The monoisotopic (exact) mass is 570 g/mol. The lowest BCUT2D eigenvalue weighted by Gasteiger charge is -2.18. The van der Waals surface area contributed by atoms with Crippen molar-refractivity contribution in [2.75, 3.05) is 37.2 Å². The topological polar surface area (TPSA) is 92.2 Å². The third-order valence-electron chi connectivity index (χ3n) is 6.50. The van der Waals surface area contributed by atoms with Crippen LogP contribution in [0, 0.1) is 5.92 Å². The van der Waals surface area contributed by atoms with E-state index < -0.39 is 0 Å². The molecule has 0 radical (unpaired) electrons. The molecule has 5 rings (SSSR count). The molecule has 0 bridgehead atoms. The Balaban J connectivity index is 0.00000180. The Morgan fingerprint density at radius 1 is 1.22 bits per heavy atom. The lowest BCUT2D eigenvalue weighted by Crippen LogP contribution is -2.28. The molecule has 1 saturated heterocycles. The predicted octanol–water partition coefficient (Wildman–Crippen LogP) is 3.52. The first-order valence-corrected chi connectivity index (χ1v) is 12.8. The van der Waals surface area contributed by atoms with E-state index in [9.17, 15) is 9.59 Å². The number of nitrogens with zero attached hydrogens (tertiary/aromatic N) is 4. The van der Waals surface area contributed by atoms with Gasteiger partial charge in [0, 0.05) is 38.9 Å². The summed E-state index contributed by atoms with van der Waals surface area (Å²) in [6.07, 6.45) is 3.60. The number of carbonyl (C=O) groups excluding carboxylic acids is 1. The molecule has 194 valence electrons. The van der Waals surface area contributed by atoms with E-state index in [0.717, 1.165) is 66.2 Å². The minimum atomic E-state index is -0.0559. The molecule has 12 heteroatoms. The van der Waals surface area contributed by atoms with E-state index in [0.29, 0.717) is 29.1 Å². The third kappa shape index (κ3) is 6.33. The van der Waals surface area contributed by atoms with Crippen LogP contribution in [0.3, 0.4) is 0 Å². The van der Waals surface area contributed by atoms with Crippen LogP contribution in [0.4, 0.5) is 5.82 Å². The smallest absolute Gasteiger partial charge is 0.250 e. The fourth-order valence-corrected chi connectivity index (χ4v) is 5.69. The number of fused-ring (bicyclic) bond motifs is 2. The summed E-state index contributed by atoms with van der Waals surface area (Å²) in [4.78, 5) is 36.2. The molecule has 0 saturated carbocycles. The number of hydrogen-bond donors (Lipinski definition) is 2. The van der Waals surface area contributed by atoms with Crippen LogP contribution in [0.15, 0.2) is 40.2 Å². The molecule has 2 N–H and O–H groups in total. The molecule has 2 aliphatic rings. The Hall–Kier alpha value is -1.88. The highest BCUT2D eigenvalue weighted by Gasteiger charge is 2.23. The highest BCUT2D eigenvalue weighted by molar-refractivity contribution is 8.00. The minimum absolute atomic E-state index is 0. The van der Waals surface area contributed by atoms with Gasteiger partial charge in [-0.25, -0.2) is 4.98 Å². The Morgan fingerprint density at radius 2 is 2.06 bits per heavy atom. The maximum atomic E-state index is 12.1. The van der Waals surface area contributed by atoms with Gasteiger partial charge < -0.3 is 20.1 Å². The molecule has 0 unspecified atom stereocenters. The summed E-state index contributed by atoms with van der Waals surface area (Å²) in [6.45, 7) is 4.56. The SMILES string of the molecule is Cl.Cl.Cn1c(=O)ccc2ncc(Cl)c(CCN3CC[C@H](CNCc4ccc5c(n4)NC(=O)CS5)C3)c21. The van der Waals surface area contributed by atoms with Gasteiger partial charge in [-0.15, -0.1) is 36.6 Å². The lowest BCUT2D eigenvalue weighted by molar-refractivity contribution is -0.113. The Bertz CT molecular complexity index is 1300. The molecule has 8 nitrogen and oxygen atoms in total. The second kappa shape index (κ2) is 12.6. The molecule has 0 aliphatic carbocycles. The van der Waals surface area contributed by atoms with Gasteiger partial charge >= 0.3 is 0 Å². The third-order valence-corrected chi connectivity index (χ3v) is 7.88. The molecule has 1 atom stereocenters. The normalized spacial score (nSPS) is 17.3. The number of anilines is 1. The standard InChI is InChI=1S/C24H27ClN6O2S.2ClH/c1-30-22(33)5-3-19-23(30)17(18(25)12-27-19)7-9-31-8-6-15(13-31)10-26-11-16-2-4-20-24(28-16)29-21(32)14-34-20;;/h2-5,12,15,26H,6-11,13-14H2,1H3,(H,28,29,32);2*1H/t15-;;/m1../s1. The number of nitrogens with one attached hydrogen (secondary N) is 2. The first kappa shape index (κ1) is 28.7. The van der Waals surface area contributed by atoms with E-state index >= 15 is 0 Å². The van der Waals surface area contributed by atoms with Gasteiger partial charge in [0.15, 0.2) is 0 Å². The van der Waals surface area contributed by atoms with Crippen LogP contribution in [0.2, 0.25) is 5.02 Å². The Morgan fingerprint density at radius 3 is 2.89 bits per heavy atom. The van der Waals surface area contributed by atoms with E-state index in [-0.39, 0.29) is 36.3 Å². The number of carbonyl (C=O) groups is 1. The summed E-state index contributed by atoms with van der Waals surface area (Å²) < 4.78 is 1.64. The second-order valence-electron chi connectivity index (χ2n) is 8.87. The molecule has 2 aliphatic heterocycles. The molecule has 3 aromatic heterocycles. The Kier molecular flexibility index (Phi) is 10.0. The van der Waals surface area contributed by atoms with Crippen LogP contribution in [-0.4, -0.2) is 57.3 Å². The highest BCUT2D eigenvalue weighted by Crippen LogP contribution is 2.29. The summed E-state index contributed by atoms with van der Waals surface area (Å²) in [5, 5.41) is 6.99. The average molecular weight is 572 g/mol. The number of aromatic nitrogens is 3. The maximum Gasteiger partial charge on any atom is 0.250 e. The summed E-state index contributed by atoms with van der Waals surface area (Å²) in [5.41, 5.74) is 3.47. The van der Waals surface area contributed by atoms with Crippen molar-refractivity contribution in [1.29, 1.82) is 0 Å². The molecule has 1 fully saturated rings. The van der Waals surface area contributed by atoms with Gasteiger partial charge in [-0.3, -0.25) is 14.6 Å². The van der Waals surface area contributed by atoms with E-state index in [1.807, 2.05) is 12.1 Å². The molecule has 0 spiro atoms. The highest BCUT2D eigenvalue weighted by atomic mass is 35.5. The molecule has 36 heavy (non-hydrogen) atoms. The van der Waals surface area contributed by atoms with Crippen LogP contribution in [0.1, 0.15) is 17.7 Å². The maximum absolute atomic E-state index is 12.1. The zero-order valence-electron chi connectivity index (χ0n) is 19.8. The molecular weight excluding hydrogens is 543 g/mol. The van der Waals surface area contributed by atoms with Gasteiger partial charge in [0.2, 0.25) is 5.91 Å². The van der Waals surface area contributed by atoms with Crippen molar-refractivity contribution in [3.63, 3.8) is 0 Å². The number of aryl methyl sites for hydroxylation is 1. The summed E-state index contributed by atoms with van der Waals surface area (Å²) >= 11 is 8.01. The molecule has 5 heterocycles. The van der Waals surface area contributed by atoms with Crippen molar-refractivity contribution in [1.82, 2.24) is 24.8 Å². The van der Waals surface area contributed by atoms with Crippen molar-refractivity contribution in [3.05, 3.63) is 57.1 Å². The van der Waals surface area contributed by atoms with Gasteiger partial charge in [-0.05, 0) is 55.6 Å². The van der Waals surface area contributed by atoms with Crippen molar-refractivity contribution in [2.45, 2.75) is 24.3 Å². The number of rotatable bonds is 7. The van der Waals surface area contributed by atoms with E-state index in [1.54, 1.807) is 29.9 Å². The summed E-state index contributed by atoms with van der Waals surface area (Å²) in [5.74, 6) is 1.70. The van der Waals surface area contributed by atoms with Gasteiger partial charge in [-0.2, -0.15) is 0 Å². The summed E-state index contributed by atoms with van der Waals surface area (Å²) in [6, 6.07) is 7.36. The van der Waals surface area contributed by atoms with Gasteiger partial charge in [0.25, 0.3) is 5.56 Å². The van der Waals surface area contributed by atoms with Gasteiger partial charge in [0.05, 0.1) is 32.4 Å². The van der Waals surface area contributed by atoms with Crippen LogP contribution < -0.4 is 16.2 Å². The molecule has 0 aromatic carbocycles. The Labute approximate surface area is 231 Å². The largest absolute Gasteiger partial charge is 0.311 e. The van der Waals surface area contributed by atoms with Crippen LogP contribution in [0.25, 0.3) is 11.0 Å². The van der Waals surface area contributed by atoms with Crippen molar-refractivity contribution >= 4 is 70.9 Å². The van der Waals surface area contributed by atoms with E-state index in [2.05, 4.69) is 25.5 Å². The van der Waals surface area contributed by atoms with Crippen molar-refractivity contribution < 1.29 is 4.79 Å². The van der Waals surface area contributed by atoms with Crippen LogP contribution in [-0.2, 0) is 24.8 Å².